The van der Waals surface area contributed by atoms with Crippen molar-refractivity contribution < 1.29 is 4.39 Å². The highest BCUT2D eigenvalue weighted by molar-refractivity contribution is 6.29. The summed E-state index contributed by atoms with van der Waals surface area (Å²) in [6.45, 7) is 8.41. The minimum absolute atomic E-state index is 0.180. The molecule has 2 aliphatic rings. The van der Waals surface area contributed by atoms with Crippen molar-refractivity contribution in [3.63, 3.8) is 0 Å². The van der Waals surface area contributed by atoms with Gasteiger partial charge in [-0.25, -0.2) is 4.39 Å². The third kappa shape index (κ3) is 2.87. The summed E-state index contributed by atoms with van der Waals surface area (Å²) in [6, 6.07) is 0. The zero-order valence-electron chi connectivity index (χ0n) is 12.5. The summed E-state index contributed by atoms with van der Waals surface area (Å²) in [7, 11) is 0. The average molecular weight is 298 g/mol. The van der Waals surface area contributed by atoms with Crippen molar-refractivity contribution in [2.75, 3.05) is 6.54 Å². The van der Waals surface area contributed by atoms with Crippen LogP contribution in [0.25, 0.3) is 0 Å². The molecule has 20 heavy (non-hydrogen) atoms. The van der Waals surface area contributed by atoms with Crippen molar-refractivity contribution >= 4 is 11.6 Å². The average Bonchev–Trinajstić information content (AvgIpc) is 2.74. The fraction of sp³-hybridized carbons (Fsp3) is 0.647. The molecule has 112 valence electrons. The predicted molar refractivity (Wildman–Crippen MR) is 84.4 cm³/mol. The van der Waals surface area contributed by atoms with Crippen molar-refractivity contribution in [1.29, 1.82) is 0 Å². The van der Waals surface area contributed by atoms with E-state index in [1.54, 1.807) is 19.1 Å². The summed E-state index contributed by atoms with van der Waals surface area (Å²) in [4.78, 5) is 0. The maximum absolute atomic E-state index is 14.4. The van der Waals surface area contributed by atoms with Gasteiger partial charge in [0.15, 0.2) is 0 Å². The smallest absolute Gasteiger partial charge is 0.140 e. The molecule has 1 aliphatic carbocycles. The minimum Gasteiger partial charge on any atom is -0.310 e. The first kappa shape index (κ1) is 15.8. The van der Waals surface area contributed by atoms with Gasteiger partial charge in [0, 0.05) is 18.0 Å². The molecule has 0 amide bonds. The van der Waals surface area contributed by atoms with Crippen molar-refractivity contribution in [2.24, 2.45) is 11.8 Å². The zero-order chi connectivity index (χ0) is 14.8. The molecule has 2 atom stereocenters. The molecule has 1 spiro atoms. The van der Waals surface area contributed by atoms with Gasteiger partial charge in [0.05, 0.1) is 5.03 Å². The molecular formula is C17H25ClFN. The molecule has 0 bridgehead atoms. The highest BCUT2D eigenvalue weighted by Crippen LogP contribution is 2.45. The van der Waals surface area contributed by atoms with Gasteiger partial charge >= 0.3 is 0 Å². The lowest BCUT2D eigenvalue weighted by Gasteiger charge is -2.39. The zero-order valence-corrected chi connectivity index (χ0v) is 13.3. The molecule has 3 heteroatoms. The highest BCUT2D eigenvalue weighted by atomic mass is 35.5. The highest BCUT2D eigenvalue weighted by Gasteiger charge is 2.47. The van der Waals surface area contributed by atoms with Crippen molar-refractivity contribution in [3.05, 3.63) is 35.2 Å². The topological polar surface area (TPSA) is 12.0 Å². The van der Waals surface area contributed by atoms with Gasteiger partial charge < -0.3 is 5.32 Å². The van der Waals surface area contributed by atoms with Crippen LogP contribution in [0.1, 0.15) is 46.0 Å². The molecule has 1 heterocycles. The Labute approximate surface area is 127 Å². The number of allylic oxidation sites excluding steroid dienone is 4. The van der Waals surface area contributed by atoms with E-state index in [0.717, 1.165) is 6.54 Å². The molecule has 1 saturated carbocycles. The third-order valence-electron chi connectivity index (χ3n) is 5.15. The van der Waals surface area contributed by atoms with E-state index in [1.807, 2.05) is 0 Å². The fourth-order valence-electron chi connectivity index (χ4n) is 3.92. The van der Waals surface area contributed by atoms with E-state index >= 15 is 0 Å². The van der Waals surface area contributed by atoms with Crippen LogP contribution in [0, 0.1) is 11.8 Å². The fourth-order valence-corrected chi connectivity index (χ4v) is 4.02. The second-order valence-corrected chi connectivity index (χ2v) is 6.76. The van der Waals surface area contributed by atoms with Crippen LogP contribution in [0.4, 0.5) is 4.39 Å². The van der Waals surface area contributed by atoms with Crippen LogP contribution in [-0.2, 0) is 0 Å². The molecule has 0 aromatic carbocycles. The van der Waals surface area contributed by atoms with Crippen LogP contribution in [0.5, 0.6) is 0 Å². The van der Waals surface area contributed by atoms with Gasteiger partial charge in [-0.2, -0.15) is 0 Å². The number of halogens is 2. The normalized spacial score (nSPS) is 31.3. The van der Waals surface area contributed by atoms with Crippen LogP contribution < -0.4 is 5.32 Å². The minimum atomic E-state index is -0.280. The summed E-state index contributed by atoms with van der Waals surface area (Å²) in [5, 5.41) is 3.93. The van der Waals surface area contributed by atoms with Gasteiger partial charge in [0.2, 0.25) is 0 Å². The molecule has 1 nitrogen and oxygen atoms in total. The number of rotatable bonds is 3. The molecular weight excluding hydrogens is 273 g/mol. The number of hydrogen-bond donors (Lipinski definition) is 1. The summed E-state index contributed by atoms with van der Waals surface area (Å²) < 4.78 is 14.4. The lowest BCUT2D eigenvalue weighted by atomic mass is 9.70. The Bertz CT molecular complexity index is 428. The Balaban J connectivity index is 2.26. The van der Waals surface area contributed by atoms with E-state index < -0.39 is 0 Å². The molecule has 0 aromatic heterocycles. The van der Waals surface area contributed by atoms with E-state index in [1.165, 1.54) is 32.1 Å². The monoisotopic (exact) mass is 297 g/mol. The Morgan fingerprint density at radius 2 is 2.00 bits per heavy atom. The first-order chi connectivity index (χ1) is 9.52. The third-order valence-corrected chi connectivity index (χ3v) is 5.31. The van der Waals surface area contributed by atoms with E-state index in [0.29, 0.717) is 11.5 Å². The molecule has 2 rings (SSSR count). The number of nitrogens with one attached hydrogen (secondary N) is 1. The van der Waals surface area contributed by atoms with Crippen LogP contribution in [0.3, 0.4) is 0 Å². The van der Waals surface area contributed by atoms with Gasteiger partial charge in [-0.05, 0) is 31.3 Å². The lowest BCUT2D eigenvalue weighted by molar-refractivity contribution is 0.196. The van der Waals surface area contributed by atoms with Crippen molar-refractivity contribution in [2.45, 2.75) is 51.5 Å². The standard InChI is InChI=1S/C17H25ClFN/c1-4-8-14(16(19)13(3)18)15-11-20-17(12(15)2)9-6-5-7-10-17/h4,8,12,15,20H,1,5-7,9-11H2,2-3H3/b14-8-,16-13-. The molecule has 2 unspecified atom stereocenters. The van der Waals surface area contributed by atoms with Gasteiger partial charge in [-0.1, -0.05) is 56.5 Å². The number of hydrogen-bond acceptors (Lipinski definition) is 1. The SMILES string of the molecule is C=C/C=C(\C(F)=C(/C)Cl)C1CNC2(CCCCC2)C1C. The Morgan fingerprint density at radius 3 is 2.55 bits per heavy atom. The van der Waals surface area contributed by atoms with Gasteiger partial charge in [-0.3, -0.25) is 0 Å². The van der Waals surface area contributed by atoms with E-state index in [9.17, 15) is 4.39 Å². The summed E-state index contributed by atoms with van der Waals surface area (Å²) >= 11 is 5.87. The van der Waals surface area contributed by atoms with Crippen LogP contribution in [0.15, 0.2) is 35.2 Å². The van der Waals surface area contributed by atoms with Crippen molar-refractivity contribution in [3.8, 4) is 0 Å². The largest absolute Gasteiger partial charge is 0.310 e. The van der Waals surface area contributed by atoms with E-state index in [4.69, 9.17) is 11.6 Å². The second kappa shape index (κ2) is 6.44. The quantitative estimate of drug-likeness (QED) is 0.715. The summed E-state index contributed by atoms with van der Waals surface area (Å²) in [6.07, 6.45) is 9.73. The molecule has 1 N–H and O–H groups in total. The predicted octanol–water partition coefficient (Wildman–Crippen LogP) is 5.10. The van der Waals surface area contributed by atoms with E-state index in [2.05, 4.69) is 18.8 Å². The van der Waals surface area contributed by atoms with Crippen molar-refractivity contribution in [1.82, 2.24) is 5.32 Å². The second-order valence-electron chi connectivity index (χ2n) is 6.20. The summed E-state index contributed by atoms with van der Waals surface area (Å²) in [5.41, 5.74) is 0.902. The maximum atomic E-state index is 14.4. The Hall–Kier alpha value is -0.600. The van der Waals surface area contributed by atoms with Crippen LogP contribution in [-0.4, -0.2) is 12.1 Å². The molecule has 1 saturated heterocycles. The molecule has 1 aliphatic heterocycles. The van der Waals surface area contributed by atoms with Gasteiger partial charge in [-0.15, -0.1) is 0 Å². The lowest BCUT2D eigenvalue weighted by Crippen LogP contribution is -2.45. The first-order valence-corrected chi connectivity index (χ1v) is 7.99. The molecule has 0 radical (unpaired) electrons. The summed E-state index contributed by atoms with van der Waals surface area (Å²) in [5.74, 6) is 0.327. The Morgan fingerprint density at radius 1 is 1.35 bits per heavy atom. The first-order valence-electron chi connectivity index (χ1n) is 7.62. The van der Waals surface area contributed by atoms with Crippen LogP contribution in [0.2, 0.25) is 0 Å². The van der Waals surface area contributed by atoms with Gasteiger partial charge in [0.1, 0.15) is 5.83 Å². The van der Waals surface area contributed by atoms with E-state index in [-0.39, 0.29) is 22.3 Å². The molecule has 2 fully saturated rings. The Kier molecular flexibility index (Phi) is 5.09. The van der Waals surface area contributed by atoms with Gasteiger partial charge in [0.25, 0.3) is 0 Å². The van der Waals surface area contributed by atoms with Crippen LogP contribution >= 0.6 is 11.6 Å². The molecule has 0 aromatic rings. The maximum Gasteiger partial charge on any atom is 0.140 e.